The molecule has 0 aromatic carbocycles. The molecule has 150 valence electrons. The molecule has 0 bridgehead atoms. The number of carboxylic acids is 1. The van der Waals surface area contributed by atoms with Crippen LogP contribution in [0, 0.1) is 28.6 Å². The molecule has 5 atom stereocenters. The van der Waals surface area contributed by atoms with Gasteiger partial charge in [0.25, 0.3) is 0 Å². The van der Waals surface area contributed by atoms with Crippen LogP contribution in [-0.4, -0.2) is 32.9 Å². The summed E-state index contributed by atoms with van der Waals surface area (Å²) in [5, 5.41) is 31.7. The molecule has 3 fully saturated rings. The number of carboxylic acid groups (broad SMARTS) is 1. The van der Waals surface area contributed by atoms with Crippen molar-refractivity contribution in [3.8, 4) is 0 Å². The van der Waals surface area contributed by atoms with Crippen molar-refractivity contribution in [2.24, 2.45) is 28.6 Å². The van der Waals surface area contributed by atoms with Crippen LogP contribution < -0.4 is 0 Å². The molecule has 0 aliphatic heterocycles. The smallest absolute Gasteiger partial charge is 0.308 e. The van der Waals surface area contributed by atoms with E-state index in [4.69, 9.17) is 0 Å². The first kappa shape index (κ1) is 19.1. The van der Waals surface area contributed by atoms with Gasteiger partial charge in [-0.2, -0.15) is 0 Å². The highest BCUT2D eigenvalue weighted by Gasteiger charge is 2.65. The van der Waals surface area contributed by atoms with E-state index in [0.29, 0.717) is 35.7 Å². The lowest BCUT2D eigenvalue weighted by molar-refractivity contribution is -0.272. The lowest BCUT2D eigenvalue weighted by Crippen LogP contribution is -2.62. The molecule has 4 rings (SSSR count). The lowest BCUT2D eigenvalue weighted by Gasteiger charge is -2.61. The van der Waals surface area contributed by atoms with E-state index >= 15 is 0 Å². The average molecular weight is 376 g/mol. The number of carbonyl (C=O) groups is 2. The first-order valence-electron chi connectivity index (χ1n) is 10.5. The van der Waals surface area contributed by atoms with Crippen molar-refractivity contribution in [3.05, 3.63) is 11.1 Å². The first-order valence-corrected chi connectivity index (χ1v) is 10.5. The number of hydrogen-bond acceptors (Lipinski definition) is 4. The van der Waals surface area contributed by atoms with Crippen molar-refractivity contribution in [1.29, 1.82) is 0 Å². The molecule has 0 unspecified atom stereocenters. The van der Waals surface area contributed by atoms with Crippen LogP contribution in [0.25, 0.3) is 0 Å². The molecule has 0 spiro atoms. The van der Waals surface area contributed by atoms with Crippen molar-refractivity contribution in [3.63, 3.8) is 0 Å². The largest absolute Gasteiger partial charge is 0.481 e. The Hall–Kier alpha value is -1.20. The van der Waals surface area contributed by atoms with Crippen LogP contribution in [0.5, 0.6) is 0 Å². The summed E-state index contributed by atoms with van der Waals surface area (Å²) in [5.41, 5.74) is 0.838. The molecule has 0 amide bonds. The van der Waals surface area contributed by atoms with E-state index in [0.717, 1.165) is 24.8 Å². The maximum atomic E-state index is 12.4. The molecule has 0 saturated heterocycles. The molecule has 5 nitrogen and oxygen atoms in total. The van der Waals surface area contributed by atoms with Gasteiger partial charge in [0.15, 0.2) is 11.6 Å². The number of ketones is 1. The summed E-state index contributed by atoms with van der Waals surface area (Å²) in [4.78, 5) is 23.9. The van der Waals surface area contributed by atoms with Crippen LogP contribution in [0.15, 0.2) is 11.1 Å². The number of fused-ring (bicyclic) bond motifs is 5. The van der Waals surface area contributed by atoms with E-state index in [9.17, 15) is 24.9 Å². The van der Waals surface area contributed by atoms with Crippen LogP contribution in [0.1, 0.15) is 78.1 Å². The van der Waals surface area contributed by atoms with Gasteiger partial charge in [0.2, 0.25) is 0 Å². The summed E-state index contributed by atoms with van der Waals surface area (Å²) in [6.07, 6.45) is 7.24. The molecule has 0 heterocycles. The Balaban J connectivity index is 1.84. The standard InChI is InChI=1S/C22H32O5/c1-13-15-6-5-14-16-4-3-9-20(16,2)10-7-17(14)21(15,11-8-18(13)23)22(26,27)12-19(24)25/h14,16-17,26-27H,3-12H2,1-2H3,(H,24,25)/t14-,16-,17+,20-,21+/m0/s1. The Morgan fingerprint density at radius 1 is 1.11 bits per heavy atom. The van der Waals surface area contributed by atoms with Crippen LogP contribution in [0.4, 0.5) is 0 Å². The molecule has 27 heavy (non-hydrogen) atoms. The minimum Gasteiger partial charge on any atom is -0.481 e. The van der Waals surface area contributed by atoms with E-state index in [1.54, 1.807) is 6.92 Å². The number of aliphatic carboxylic acids is 1. The highest BCUT2D eigenvalue weighted by atomic mass is 16.5. The van der Waals surface area contributed by atoms with Gasteiger partial charge >= 0.3 is 5.97 Å². The normalized spacial score (nSPS) is 41.8. The van der Waals surface area contributed by atoms with Gasteiger partial charge in [-0.05, 0) is 80.6 Å². The second-order valence-electron chi connectivity index (χ2n) is 9.89. The third kappa shape index (κ3) is 2.57. The summed E-state index contributed by atoms with van der Waals surface area (Å²) < 4.78 is 0. The lowest BCUT2D eigenvalue weighted by atomic mass is 9.44. The second-order valence-corrected chi connectivity index (χ2v) is 9.89. The van der Waals surface area contributed by atoms with Crippen molar-refractivity contribution in [1.82, 2.24) is 0 Å². The van der Waals surface area contributed by atoms with Crippen molar-refractivity contribution < 1.29 is 24.9 Å². The molecule has 3 saturated carbocycles. The van der Waals surface area contributed by atoms with Gasteiger partial charge in [-0.25, -0.2) is 0 Å². The van der Waals surface area contributed by atoms with Crippen molar-refractivity contribution >= 4 is 11.8 Å². The Morgan fingerprint density at radius 3 is 2.56 bits per heavy atom. The predicted octanol–water partition coefficient (Wildman–Crippen LogP) is 3.43. The van der Waals surface area contributed by atoms with Crippen molar-refractivity contribution in [2.75, 3.05) is 0 Å². The maximum absolute atomic E-state index is 12.4. The molecule has 0 aromatic rings. The fourth-order valence-corrected chi connectivity index (χ4v) is 7.68. The Bertz CT molecular complexity index is 707. The molecular weight excluding hydrogens is 344 g/mol. The average Bonchev–Trinajstić information content (AvgIpc) is 2.98. The fourth-order valence-electron chi connectivity index (χ4n) is 7.68. The minimum atomic E-state index is -2.31. The molecule has 5 heteroatoms. The zero-order valence-corrected chi connectivity index (χ0v) is 16.5. The van der Waals surface area contributed by atoms with Gasteiger partial charge in [-0.15, -0.1) is 0 Å². The van der Waals surface area contributed by atoms with Gasteiger partial charge in [-0.1, -0.05) is 18.9 Å². The monoisotopic (exact) mass is 376 g/mol. The number of rotatable bonds is 3. The quantitative estimate of drug-likeness (QED) is 0.656. The minimum absolute atomic E-state index is 0.0508. The maximum Gasteiger partial charge on any atom is 0.308 e. The van der Waals surface area contributed by atoms with Gasteiger partial charge in [0.05, 0.1) is 6.42 Å². The van der Waals surface area contributed by atoms with E-state index < -0.39 is 23.6 Å². The van der Waals surface area contributed by atoms with Crippen LogP contribution in [0.2, 0.25) is 0 Å². The molecular formula is C22H32O5. The number of hydrogen-bond donors (Lipinski definition) is 3. The molecule has 0 radical (unpaired) electrons. The summed E-state index contributed by atoms with van der Waals surface area (Å²) in [7, 11) is 0. The summed E-state index contributed by atoms with van der Waals surface area (Å²) in [6, 6.07) is 0. The van der Waals surface area contributed by atoms with Crippen molar-refractivity contribution in [2.45, 2.75) is 83.8 Å². The summed E-state index contributed by atoms with van der Waals surface area (Å²) >= 11 is 0. The molecule has 3 N–H and O–H groups in total. The van der Waals surface area contributed by atoms with Crippen LogP contribution >= 0.6 is 0 Å². The van der Waals surface area contributed by atoms with Gasteiger partial charge in [-0.3, -0.25) is 9.59 Å². The zero-order valence-electron chi connectivity index (χ0n) is 16.5. The van der Waals surface area contributed by atoms with Gasteiger partial charge < -0.3 is 15.3 Å². The van der Waals surface area contributed by atoms with E-state index in [2.05, 4.69) is 6.92 Å². The van der Waals surface area contributed by atoms with Gasteiger partial charge in [0.1, 0.15) is 0 Å². The van der Waals surface area contributed by atoms with Gasteiger partial charge in [0, 0.05) is 11.8 Å². The third-order valence-electron chi connectivity index (χ3n) is 8.85. The summed E-state index contributed by atoms with van der Waals surface area (Å²) in [6.45, 7) is 4.18. The molecule has 0 aromatic heterocycles. The number of carbonyl (C=O) groups excluding carboxylic acids is 1. The second kappa shape index (κ2) is 6.15. The Morgan fingerprint density at radius 2 is 1.85 bits per heavy atom. The fraction of sp³-hybridized carbons (Fsp3) is 0.818. The van der Waals surface area contributed by atoms with Crippen LogP contribution in [0.3, 0.4) is 0 Å². The summed E-state index contributed by atoms with van der Waals surface area (Å²) in [5.74, 6) is -2.42. The Labute approximate surface area is 160 Å². The van der Waals surface area contributed by atoms with Crippen LogP contribution in [-0.2, 0) is 9.59 Å². The van der Waals surface area contributed by atoms with E-state index in [1.165, 1.54) is 19.3 Å². The first-order chi connectivity index (χ1) is 12.6. The molecule has 4 aliphatic carbocycles. The highest BCUT2D eigenvalue weighted by molar-refractivity contribution is 5.97. The topological polar surface area (TPSA) is 94.8 Å². The van der Waals surface area contributed by atoms with E-state index in [-0.39, 0.29) is 18.1 Å². The molecule has 4 aliphatic rings. The number of Topliss-reactive ketones (excluding diaryl/α,β-unsaturated/α-hetero) is 1. The van der Waals surface area contributed by atoms with E-state index in [1.807, 2.05) is 0 Å². The SMILES string of the molecule is CC1=C2CC[C@@H]3[C@@H](CC[C@]4(C)CCC[C@@H]34)[C@@]2(C(O)(O)CC(=O)O)CCC1=O. The zero-order chi connectivity index (χ0) is 19.6. The number of aliphatic hydroxyl groups is 2. The highest BCUT2D eigenvalue weighted by Crippen LogP contribution is 2.68. The predicted molar refractivity (Wildman–Crippen MR) is 99.7 cm³/mol. The third-order valence-corrected chi connectivity index (χ3v) is 8.85. The Kier molecular flexibility index (Phi) is 4.36.